The van der Waals surface area contributed by atoms with Crippen LogP contribution >= 0.6 is 23.1 Å². The Bertz CT molecular complexity index is 1220. The first kappa shape index (κ1) is 23.2. The molecule has 32 heavy (non-hydrogen) atoms. The minimum absolute atomic E-state index is 0.0804. The van der Waals surface area contributed by atoms with Gasteiger partial charge < -0.3 is 10.6 Å². The predicted octanol–water partition coefficient (Wildman–Crippen LogP) is 4.30. The molecular weight excluding hydrogens is 469 g/mol. The summed E-state index contributed by atoms with van der Waals surface area (Å²) in [5.74, 6) is -6.45. The van der Waals surface area contributed by atoms with Crippen LogP contribution in [0.3, 0.4) is 0 Å². The van der Waals surface area contributed by atoms with Gasteiger partial charge in [-0.25, -0.2) is 18.2 Å². The predicted molar refractivity (Wildman–Crippen MR) is 111 cm³/mol. The molecule has 0 unspecified atom stereocenters. The zero-order chi connectivity index (χ0) is 23.4. The summed E-state index contributed by atoms with van der Waals surface area (Å²) in [5, 5.41) is 17.5. The maximum atomic E-state index is 13.6. The van der Waals surface area contributed by atoms with E-state index in [9.17, 15) is 32.9 Å². The highest BCUT2D eigenvalue weighted by molar-refractivity contribution is 8.01. The van der Waals surface area contributed by atoms with Crippen molar-refractivity contribution in [1.29, 1.82) is 0 Å². The highest BCUT2D eigenvalue weighted by Gasteiger charge is 2.20. The summed E-state index contributed by atoms with van der Waals surface area (Å²) < 4.78 is 40.4. The van der Waals surface area contributed by atoms with Gasteiger partial charge in [0, 0.05) is 22.7 Å². The van der Waals surface area contributed by atoms with Crippen LogP contribution in [0.4, 0.5) is 24.5 Å². The molecule has 2 aromatic carbocycles. The van der Waals surface area contributed by atoms with Crippen molar-refractivity contribution in [3.8, 4) is 0 Å². The van der Waals surface area contributed by atoms with Gasteiger partial charge >= 0.3 is 0 Å². The number of nitro groups is 1. The van der Waals surface area contributed by atoms with Crippen molar-refractivity contribution in [2.45, 2.75) is 16.2 Å². The Morgan fingerprint density at radius 1 is 1.19 bits per heavy atom. The van der Waals surface area contributed by atoms with Crippen LogP contribution in [0.1, 0.15) is 16.1 Å². The number of rotatable bonds is 7. The zero-order valence-electron chi connectivity index (χ0n) is 16.1. The molecule has 0 aliphatic heterocycles. The minimum atomic E-state index is -1.75. The number of amides is 2. The van der Waals surface area contributed by atoms with E-state index in [-0.39, 0.29) is 16.1 Å². The number of nitrogens with zero attached hydrogens (tertiary/aromatic N) is 2. The van der Waals surface area contributed by atoms with Crippen LogP contribution in [0.15, 0.2) is 44.9 Å². The van der Waals surface area contributed by atoms with Crippen LogP contribution < -0.4 is 10.6 Å². The van der Waals surface area contributed by atoms with Crippen LogP contribution in [0, 0.1) is 34.5 Å². The maximum Gasteiger partial charge on any atom is 0.284 e. The van der Waals surface area contributed by atoms with E-state index in [0.717, 1.165) is 29.6 Å². The van der Waals surface area contributed by atoms with Crippen molar-refractivity contribution in [2.24, 2.45) is 0 Å². The number of thiazole rings is 1. The van der Waals surface area contributed by atoms with E-state index in [0.29, 0.717) is 10.4 Å². The van der Waals surface area contributed by atoms with E-state index in [4.69, 9.17) is 0 Å². The van der Waals surface area contributed by atoms with Crippen molar-refractivity contribution < 1.29 is 27.7 Å². The molecule has 3 aromatic rings. The molecule has 166 valence electrons. The van der Waals surface area contributed by atoms with Gasteiger partial charge in [0.1, 0.15) is 0 Å². The normalized spacial score (nSPS) is 10.6. The number of benzene rings is 2. The average Bonchev–Trinajstić information content (AvgIpc) is 3.17. The number of hydrogen-bond donors (Lipinski definition) is 2. The fraction of sp³-hybridized carbons (Fsp3) is 0.105. The van der Waals surface area contributed by atoms with Crippen molar-refractivity contribution in [3.05, 3.63) is 74.5 Å². The molecule has 3 rings (SSSR count). The molecule has 0 aliphatic carbocycles. The summed E-state index contributed by atoms with van der Waals surface area (Å²) in [5.41, 5.74) is -0.220. The summed E-state index contributed by atoms with van der Waals surface area (Å²) in [4.78, 5) is 39.5. The maximum absolute atomic E-state index is 13.6. The van der Waals surface area contributed by atoms with Gasteiger partial charge in [0.05, 0.1) is 22.1 Å². The smallest absolute Gasteiger partial charge is 0.284 e. The molecular formula is C19H13F3N4O4S2. The van der Waals surface area contributed by atoms with Crippen molar-refractivity contribution in [1.82, 2.24) is 10.3 Å². The Labute approximate surface area is 187 Å². The molecule has 0 saturated carbocycles. The molecule has 0 atom stereocenters. The second kappa shape index (κ2) is 9.78. The molecule has 8 nitrogen and oxygen atoms in total. The quantitative estimate of drug-likeness (QED) is 0.295. The Morgan fingerprint density at radius 3 is 2.59 bits per heavy atom. The Morgan fingerprint density at radius 2 is 1.94 bits per heavy atom. The summed E-state index contributed by atoms with van der Waals surface area (Å²) in [6, 6.07) is 5.27. The van der Waals surface area contributed by atoms with Gasteiger partial charge in [-0.15, -0.1) is 11.3 Å². The lowest BCUT2D eigenvalue weighted by atomic mass is 10.2. The molecule has 13 heteroatoms. The Hall–Kier alpha value is -3.45. The summed E-state index contributed by atoms with van der Waals surface area (Å²) in [7, 11) is 0. The highest BCUT2D eigenvalue weighted by Crippen LogP contribution is 2.36. The van der Waals surface area contributed by atoms with E-state index >= 15 is 0 Å². The largest absolute Gasteiger partial charge is 0.343 e. The Kier molecular flexibility index (Phi) is 7.10. The first-order valence-corrected chi connectivity index (χ1v) is 10.4. The number of nitro benzene ring substituents is 1. The molecule has 0 bridgehead atoms. The van der Waals surface area contributed by atoms with Gasteiger partial charge in [-0.2, -0.15) is 0 Å². The number of anilines is 1. The van der Waals surface area contributed by atoms with E-state index in [2.05, 4.69) is 10.3 Å². The summed E-state index contributed by atoms with van der Waals surface area (Å²) in [6.45, 7) is 1.15. The minimum Gasteiger partial charge on any atom is -0.343 e. The molecule has 0 fully saturated rings. The van der Waals surface area contributed by atoms with Gasteiger partial charge in [-0.3, -0.25) is 19.7 Å². The van der Waals surface area contributed by atoms with Gasteiger partial charge in [0.25, 0.3) is 11.6 Å². The standard InChI is InChI=1S/C19H13F3N4O4S2/c1-9-8-31-19(24-9)32-14-5-2-10(6-13(14)26(29)30)18(28)23-7-15(27)25-12-4-3-11(20)16(21)17(12)22/h2-6,8H,7H2,1H3,(H,23,28)(H,25,27). The first-order chi connectivity index (χ1) is 15.2. The lowest BCUT2D eigenvalue weighted by Crippen LogP contribution is -2.33. The summed E-state index contributed by atoms with van der Waals surface area (Å²) in [6.07, 6.45) is 0. The molecule has 0 aliphatic rings. The SMILES string of the molecule is Cc1csc(Sc2ccc(C(=O)NCC(=O)Nc3ccc(F)c(F)c3F)cc2[N+](=O)[O-])n1. The number of halogens is 3. The number of hydrogen-bond acceptors (Lipinski definition) is 7. The topological polar surface area (TPSA) is 114 Å². The third-order valence-electron chi connectivity index (χ3n) is 3.93. The molecule has 2 amide bonds. The van der Waals surface area contributed by atoms with Crippen LogP contribution in [-0.2, 0) is 4.79 Å². The Balaban J connectivity index is 1.67. The number of carbonyl (C=O) groups is 2. The van der Waals surface area contributed by atoms with Crippen LogP contribution in [0.5, 0.6) is 0 Å². The molecule has 2 N–H and O–H groups in total. The number of aryl methyl sites for hydroxylation is 1. The fourth-order valence-corrected chi connectivity index (χ4v) is 4.32. The second-order valence-electron chi connectivity index (χ2n) is 6.25. The monoisotopic (exact) mass is 482 g/mol. The number of aromatic nitrogens is 1. The molecule has 1 heterocycles. The fourth-order valence-electron chi connectivity index (χ4n) is 2.44. The third kappa shape index (κ3) is 5.42. The van der Waals surface area contributed by atoms with Crippen molar-refractivity contribution in [3.63, 3.8) is 0 Å². The van der Waals surface area contributed by atoms with E-state index in [1.807, 2.05) is 5.32 Å². The lowest BCUT2D eigenvalue weighted by molar-refractivity contribution is -0.387. The first-order valence-electron chi connectivity index (χ1n) is 8.75. The van der Waals surface area contributed by atoms with Crippen molar-refractivity contribution >= 4 is 46.3 Å². The van der Waals surface area contributed by atoms with Crippen LogP contribution in [0.25, 0.3) is 0 Å². The van der Waals surface area contributed by atoms with E-state index in [1.165, 1.54) is 23.5 Å². The number of carbonyl (C=O) groups excluding carboxylic acids is 2. The average molecular weight is 482 g/mol. The third-order valence-corrected chi connectivity index (χ3v) is 6.05. The van der Waals surface area contributed by atoms with Crippen molar-refractivity contribution in [2.75, 3.05) is 11.9 Å². The second-order valence-corrected chi connectivity index (χ2v) is 8.40. The van der Waals surface area contributed by atoms with Crippen LogP contribution in [0.2, 0.25) is 0 Å². The number of nitrogens with one attached hydrogen (secondary N) is 2. The summed E-state index contributed by atoms with van der Waals surface area (Å²) >= 11 is 2.41. The molecule has 1 aromatic heterocycles. The molecule has 0 radical (unpaired) electrons. The lowest BCUT2D eigenvalue weighted by Gasteiger charge is -2.09. The zero-order valence-corrected chi connectivity index (χ0v) is 17.8. The van der Waals surface area contributed by atoms with Gasteiger partial charge in [0.15, 0.2) is 21.8 Å². The van der Waals surface area contributed by atoms with Gasteiger partial charge in [0.2, 0.25) is 5.91 Å². The highest BCUT2D eigenvalue weighted by atomic mass is 32.2. The van der Waals surface area contributed by atoms with Crippen LogP contribution in [-0.4, -0.2) is 28.3 Å². The van der Waals surface area contributed by atoms with Gasteiger partial charge in [-0.1, -0.05) is 11.8 Å². The molecule has 0 saturated heterocycles. The van der Waals surface area contributed by atoms with E-state index < -0.39 is 46.4 Å². The van der Waals surface area contributed by atoms with E-state index in [1.54, 1.807) is 12.3 Å². The van der Waals surface area contributed by atoms with Gasteiger partial charge in [-0.05, 0) is 31.2 Å². The molecule has 0 spiro atoms.